The van der Waals surface area contributed by atoms with Crippen LogP contribution in [0.4, 0.5) is 0 Å². The van der Waals surface area contributed by atoms with Crippen molar-refractivity contribution < 1.29 is 0 Å². The molecule has 0 spiro atoms. The number of para-hydroxylation sites is 1. The molecule has 0 amide bonds. The SMILES string of the molecule is C=N/C(N[C@@H](C)c1cc2cccc(-c3cnc(C)c(C)c3)c2c(=O)n1-c1ccccc1)=C1/N=CS/C1=N/C. The van der Waals surface area contributed by atoms with Gasteiger partial charge in [-0.25, -0.2) is 9.98 Å². The first-order chi connectivity index (χ1) is 18.4. The summed E-state index contributed by atoms with van der Waals surface area (Å²) in [7, 11) is 1.72. The molecule has 4 aromatic rings. The fourth-order valence-electron chi connectivity index (χ4n) is 4.60. The van der Waals surface area contributed by atoms with Crippen LogP contribution in [0.2, 0.25) is 0 Å². The Labute approximate surface area is 225 Å². The Morgan fingerprint density at radius 1 is 1.11 bits per heavy atom. The number of aliphatic imine (C=N–C) groups is 3. The van der Waals surface area contributed by atoms with Gasteiger partial charge in [0.1, 0.15) is 10.7 Å². The zero-order chi connectivity index (χ0) is 26.8. The van der Waals surface area contributed by atoms with E-state index in [9.17, 15) is 4.79 Å². The number of benzene rings is 2. The molecule has 1 aliphatic rings. The molecule has 0 saturated heterocycles. The monoisotopic (exact) mass is 520 g/mol. The smallest absolute Gasteiger partial charge is 0.263 e. The number of nitrogens with one attached hydrogen (secondary N) is 1. The Hall–Kier alpha value is -4.30. The highest BCUT2D eigenvalue weighted by atomic mass is 32.2. The van der Waals surface area contributed by atoms with Gasteiger partial charge in [0.25, 0.3) is 5.56 Å². The van der Waals surface area contributed by atoms with Gasteiger partial charge in [-0.3, -0.25) is 19.3 Å². The third kappa shape index (κ3) is 4.59. The van der Waals surface area contributed by atoms with Gasteiger partial charge in [0.05, 0.1) is 17.0 Å². The van der Waals surface area contributed by atoms with Crippen molar-refractivity contribution in [1.82, 2.24) is 14.9 Å². The summed E-state index contributed by atoms with van der Waals surface area (Å²) in [5.74, 6) is 0.515. The number of aryl methyl sites for hydroxylation is 2. The van der Waals surface area contributed by atoms with Gasteiger partial charge in [-0.2, -0.15) is 0 Å². The van der Waals surface area contributed by atoms with Crippen LogP contribution in [-0.2, 0) is 0 Å². The Morgan fingerprint density at radius 2 is 1.89 bits per heavy atom. The van der Waals surface area contributed by atoms with Gasteiger partial charge in [0, 0.05) is 35.9 Å². The molecule has 8 heteroatoms. The second-order valence-electron chi connectivity index (χ2n) is 9.04. The van der Waals surface area contributed by atoms with Crippen molar-refractivity contribution in [2.75, 3.05) is 7.05 Å². The number of fused-ring (bicyclic) bond motifs is 1. The molecule has 0 unspecified atom stereocenters. The van der Waals surface area contributed by atoms with E-state index in [4.69, 9.17) is 0 Å². The summed E-state index contributed by atoms with van der Waals surface area (Å²) >= 11 is 1.44. The van der Waals surface area contributed by atoms with Crippen molar-refractivity contribution in [2.45, 2.75) is 26.8 Å². The Morgan fingerprint density at radius 3 is 2.61 bits per heavy atom. The van der Waals surface area contributed by atoms with E-state index in [1.807, 2.05) is 75.5 Å². The predicted molar refractivity (Wildman–Crippen MR) is 160 cm³/mol. The molecule has 190 valence electrons. The number of pyridine rings is 2. The van der Waals surface area contributed by atoms with Crippen LogP contribution in [-0.4, -0.2) is 33.9 Å². The maximum Gasteiger partial charge on any atom is 0.263 e. The second kappa shape index (κ2) is 10.6. The zero-order valence-electron chi connectivity index (χ0n) is 21.8. The highest BCUT2D eigenvalue weighted by molar-refractivity contribution is 8.26. The summed E-state index contributed by atoms with van der Waals surface area (Å²) in [6, 6.07) is 19.5. The van der Waals surface area contributed by atoms with E-state index in [-0.39, 0.29) is 11.6 Å². The number of thioether (sulfide) groups is 1. The first kappa shape index (κ1) is 25.4. The van der Waals surface area contributed by atoms with Gasteiger partial charge in [0.15, 0.2) is 5.82 Å². The molecule has 0 radical (unpaired) electrons. The Balaban J connectivity index is 1.73. The molecule has 2 aromatic carbocycles. The van der Waals surface area contributed by atoms with E-state index < -0.39 is 0 Å². The van der Waals surface area contributed by atoms with Crippen LogP contribution in [0.25, 0.3) is 27.6 Å². The summed E-state index contributed by atoms with van der Waals surface area (Å²) in [4.78, 5) is 31.8. The van der Waals surface area contributed by atoms with Crippen LogP contribution in [0, 0.1) is 13.8 Å². The van der Waals surface area contributed by atoms with Crippen molar-refractivity contribution in [2.24, 2.45) is 15.0 Å². The molecular weight excluding hydrogens is 492 g/mol. The largest absolute Gasteiger partial charge is 0.360 e. The number of aromatic nitrogens is 2. The number of nitrogens with zero attached hydrogens (tertiary/aromatic N) is 5. The van der Waals surface area contributed by atoms with Crippen LogP contribution in [0.3, 0.4) is 0 Å². The van der Waals surface area contributed by atoms with Gasteiger partial charge < -0.3 is 5.32 Å². The highest BCUT2D eigenvalue weighted by Crippen LogP contribution is 2.30. The maximum absolute atomic E-state index is 14.3. The predicted octanol–water partition coefficient (Wildman–Crippen LogP) is 5.99. The summed E-state index contributed by atoms with van der Waals surface area (Å²) < 4.78 is 1.77. The highest BCUT2D eigenvalue weighted by Gasteiger charge is 2.22. The van der Waals surface area contributed by atoms with Crippen LogP contribution < -0.4 is 10.9 Å². The van der Waals surface area contributed by atoms with E-state index in [0.717, 1.165) is 44.2 Å². The normalized spacial score (nSPS) is 16.2. The molecule has 5 rings (SSSR count). The minimum absolute atomic E-state index is 0.0998. The standard InChI is InChI=1S/C30H28N6OS/c1-18-14-22(16-33-19(18)2)24-13-9-10-21-15-25(36(30(37)26(21)24)23-11-7-6-8-12-23)20(3)35-28(31-4)27-29(32-5)38-17-34-27/h6-17,20,35H,4H2,1-3,5H3/b28-27-,32-29+/t20-/m0/s1. The fraction of sp³-hybridized carbons (Fsp3) is 0.167. The van der Waals surface area contributed by atoms with Gasteiger partial charge >= 0.3 is 0 Å². The second-order valence-corrected chi connectivity index (χ2v) is 9.88. The van der Waals surface area contributed by atoms with Gasteiger partial charge in [-0.05, 0) is 68.3 Å². The van der Waals surface area contributed by atoms with Crippen molar-refractivity contribution in [3.8, 4) is 16.8 Å². The van der Waals surface area contributed by atoms with Crippen molar-refractivity contribution in [3.63, 3.8) is 0 Å². The molecule has 7 nitrogen and oxygen atoms in total. The van der Waals surface area contributed by atoms with E-state index in [1.54, 1.807) is 17.2 Å². The lowest BCUT2D eigenvalue weighted by Crippen LogP contribution is -2.29. The average Bonchev–Trinajstić information content (AvgIpc) is 3.42. The molecule has 0 fully saturated rings. The van der Waals surface area contributed by atoms with Gasteiger partial charge in [-0.15, -0.1) is 0 Å². The third-order valence-corrected chi connectivity index (χ3v) is 7.48. The van der Waals surface area contributed by atoms with E-state index in [0.29, 0.717) is 16.9 Å². The van der Waals surface area contributed by atoms with E-state index in [1.165, 1.54) is 11.8 Å². The maximum atomic E-state index is 14.3. The van der Waals surface area contributed by atoms with Gasteiger partial charge in [-0.1, -0.05) is 48.2 Å². The molecule has 0 saturated carbocycles. The van der Waals surface area contributed by atoms with Crippen LogP contribution in [0.1, 0.15) is 29.9 Å². The van der Waals surface area contributed by atoms with Crippen LogP contribution in [0.5, 0.6) is 0 Å². The first-order valence-corrected chi connectivity index (χ1v) is 13.1. The molecule has 1 aliphatic heterocycles. The van der Waals surface area contributed by atoms with Crippen molar-refractivity contribution >= 4 is 39.8 Å². The van der Waals surface area contributed by atoms with Crippen LogP contribution >= 0.6 is 11.8 Å². The summed E-state index contributed by atoms with van der Waals surface area (Å²) in [5, 5.41) is 5.69. The topological polar surface area (TPSA) is 84.0 Å². The number of rotatable bonds is 6. The molecule has 0 aliphatic carbocycles. The molecule has 2 aromatic heterocycles. The fourth-order valence-corrected chi connectivity index (χ4v) is 5.23. The number of hydrogen-bond donors (Lipinski definition) is 1. The Bertz CT molecular complexity index is 1700. The minimum Gasteiger partial charge on any atom is -0.360 e. The zero-order valence-corrected chi connectivity index (χ0v) is 22.6. The molecule has 3 heterocycles. The molecule has 1 atom stereocenters. The van der Waals surface area contributed by atoms with Crippen molar-refractivity contribution in [1.29, 1.82) is 0 Å². The lowest BCUT2D eigenvalue weighted by molar-refractivity contribution is 0.608. The Kier molecular flexibility index (Phi) is 7.07. The van der Waals surface area contributed by atoms with E-state index in [2.05, 4.69) is 44.1 Å². The summed E-state index contributed by atoms with van der Waals surface area (Å²) in [5.41, 5.74) is 7.66. The van der Waals surface area contributed by atoms with Crippen LogP contribution in [0.15, 0.2) is 98.2 Å². The lowest BCUT2D eigenvalue weighted by atomic mass is 9.97. The first-order valence-electron chi connectivity index (χ1n) is 12.2. The molecule has 0 bridgehead atoms. The molecule has 38 heavy (non-hydrogen) atoms. The minimum atomic E-state index is -0.300. The van der Waals surface area contributed by atoms with Gasteiger partial charge in [0.2, 0.25) is 0 Å². The summed E-state index contributed by atoms with van der Waals surface area (Å²) in [6.07, 6.45) is 1.84. The molecular formula is C30H28N6OS. The lowest BCUT2D eigenvalue weighted by Gasteiger charge is -2.23. The summed E-state index contributed by atoms with van der Waals surface area (Å²) in [6.45, 7) is 9.76. The number of hydrogen-bond acceptors (Lipinski definition) is 7. The quantitative estimate of drug-likeness (QED) is 0.316. The van der Waals surface area contributed by atoms with E-state index >= 15 is 0 Å². The molecule has 1 N–H and O–H groups in total. The third-order valence-electron chi connectivity index (χ3n) is 6.67. The average molecular weight is 521 g/mol. The van der Waals surface area contributed by atoms with Crippen molar-refractivity contribution in [3.05, 3.63) is 106 Å².